The van der Waals surface area contributed by atoms with Gasteiger partial charge < -0.3 is 5.32 Å². The lowest BCUT2D eigenvalue weighted by Crippen LogP contribution is -2.23. The van der Waals surface area contributed by atoms with Crippen LogP contribution in [0.4, 0.5) is 0 Å². The van der Waals surface area contributed by atoms with Gasteiger partial charge in [-0.3, -0.25) is 4.98 Å². The Hall–Kier alpha value is -0.710. The van der Waals surface area contributed by atoms with Gasteiger partial charge in [0.15, 0.2) is 0 Å². The van der Waals surface area contributed by atoms with Crippen LogP contribution in [0.2, 0.25) is 0 Å². The maximum Gasteiger partial charge on any atom is 0.0473 e. The van der Waals surface area contributed by atoms with Gasteiger partial charge in [0.1, 0.15) is 0 Å². The molecule has 2 heterocycles. The summed E-state index contributed by atoms with van der Waals surface area (Å²) in [7, 11) is 0. The number of nitrogens with zero attached hydrogens (tertiary/aromatic N) is 1. The summed E-state index contributed by atoms with van der Waals surface area (Å²) in [5, 5.41) is 5.77. The standard InChI is InChI=1S/C15H19BrN2S/c1-3-11-7-8-19-15(11)14(17-4-2)9-13-6-5-12(16)10-18-13/h5-8,10,14,17H,3-4,9H2,1-2H3. The molecule has 0 amide bonds. The van der Waals surface area contributed by atoms with Crippen LogP contribution in [0.25, 0.3) is 0 Å². The van der Waals surface area contributed by atoms with Gasteiger partial charge in [0, 0.05) is 33.7 Å². The van der Waals surface area contributed by atoms with Crippen LogP contribution in [-0.4, -0.2) is 11.5 Å². The molecule has 2 nitrogen and oxygen atoms in total. The number of hydrogen-bond acceptors (Lipinski definition) is 3. The summed E-state index contributed by atoms with van der Waals surface area (Å²) < 4.78 is 1.03. The SMILES string of the molecule is CCNC(Cc1ccc(Br)cn1)c1sccc1CC. The Balaban J connectivity index is 2.18. The van der Waals surface area contributed by atoms with Crippen LogP contribution in [0.15, 0.2) is 34.2 Å². The summed E-state index contributed by atoms with van der Waals surface area (Å²) in [6.45, 7) is 5.34. The van der Waals surface area contributed by atoms with Gasteiger partial charge in [-0.05, 0) is 58.0 Å². The van der Waals surface area contributed by atoms with Crippen molar-refractivity contribution in [3.63, 3.8) is 0 Å². The predicted molar refractivity (Wildman–Crippen MR) is 85.8 cm³/mol. The molecule has 102 valence electrons. The first kappa shape index (κ1) is 14.7. The molecular formula is C15H19BrN2S. The van der Waals surface area contributed by atoms with Gasteiger partial charge in [-0.1, -0.05) is 13.8 Å². The molecule has 19 heavy (non-hydrogen) atoms. The molecule has 0 aliphatic heterocycles. The van der Waals surface area contributed by atoms with Crippen molar-refractivity contribution in [2.75, 3.05) is 6.54 Å². The first-order valence-electron chi connectivity index (χ1n) is 6.64. The zero-order valence-corrected chi connectivity index (χ0v) is 13.7. The third-order valence-corrected chi connectivity index (χ3v) is 4.67. The van der Waals surface area contributed by atoms with Gasteiger partial charge in [0.25, 0.3) is 0 Å². The van der Waals surface area contributed by atoms with Gasteiger partial charge in [-0.25, -0.2) is 0 Å². The number of rotatable bonds is 6. The van der Waals surface area contributed by atoms with Crippen LogP contribution in [0.1, 0.15) is 36.0 Å². The molecule has 1 unspecified atom stereocenters. The molecule has 0 aliphatic rings. The Labute approximate surface area is 127 Å². The van der Waals surface area contributed by atoms with Crippen molar-refractivity contribution in [2.24, 2.45) is 0 Å². The number of aryl methyl sites for hydroxylation is 1. The minimum absolute atomic E-state index is 0.369. The minimum Gasteiger partial charge on any atom is -0.309 e. The van der Waals surface area contributed by atoms with Crippen molar-refractivity contribution in [2.45, 2.75) is 32.7 Å². The molecule has 0 saturated carbocycles. The second kappa shape index (κ2) is 7.17. The van der Waals surface area contributed by atoms with Crippen LogP contribution in [-0.2, 0) is 12.8 Å². The molecule has 1 atom stereocenters. The Morgan fingerprint density at radius 2 is 2.16 bits per heavy atom. The van der Waals surface area contributed by atoms with E-state index in [9.17, 15) is 0 Å². The third-order valence-electron chi connectivity index (χ3n) is 3.13. The van der Waals surface area contributed by atoms with Crippen LogP contribution >= 0.6 is 27.3 Å². The Morgan fingerprint density at radius 1 is 1.32 bits per heavy atom. The van der Waals surface area contributed by atoms with E-state index in [4.69, 9.17) is 0 Å². The zero-order chi connectivity index (χ0) is 13.7. The fourth-order valence-electron chi connectivity index (χ4n) is 2.19. The van der Waals surface area contributed by atoms with Gasteiger partial charge in [0.05, 0.1) is 0 Å². The monoisotopic (exact) mass is 338 g/mol. The van der Waals surface area contributed by atoms with Crippen LogP contribution in [0.3, 0.4) is 0 Å². The number of pyridine rings is 1. The summed E-state index contributed by atoms with van der Waals surface area (Å²) >= 11 is 5.27. The Morgan fingerprint density at radius 3 is 2.79 bits per heavy atom. The highest BCUT2D eigenvalue weighted by Gasteiger charge is 2.16. The van der Waals surface area contributed by atoms with E-state index in [1.807, 2.05) is 17.5 Å². The summed E-state index contributed by atoms with van der Waals surface area (Å²) in [5.41, 5.74) is 2.58. The Kier molecular flexibility index (Phi) is 5.55. The Bertz CT molecular complexity index is 507. The van der Waals surface area contributed by atoms with E-state index in [0.717, 1.165) is 29.6 Å². The fraction of sp³-hybridized carbons (Fsp3) is 0.400. The van der Waals surface area contributed by atoms with E-state index in [-0.39, 0.29) is 0 Å². The van der Waals surface area contributed by atoms with Crippen molar-refractivity contribution in [1.29, 1.82) is 0 Å². The molecule has 0 bridgehead atoms. The van der Waals surface area contributed by atoms with Crippen molar-refractivity contribution in [3.8, 4) is 0 Å². The third kappa shape index (κ3) is 3.88. The maximum absolute atomic E-state index is 4.48. The number of thiophene rings is 1. The van der Waals surface area contributed by atoms with Gasteiger partial charge in [0.2, 0.25) is 0 Å². The van der Waals surface area contributed by atoms with E-state index in [1.165, 1.54) is 10.4 Å². The van der Waals surface area contributed by atoms with E-state index >= 15 is 0 Å². The minimum atomic E-state index is 0.369. The molecule has 0 fully saturated rings. The molecule has 0 aliphatic carbocycles. The smallest absolute Gasteiger partial charge is 0.0473 e. The van der Waals surface area contributed by atoms with E-state index in [0.29, 0.717) is 6.04 Å². The summed E-state index contributed by atoms with van der Waals surface area (Å²) in [5.74, 6) is 0. The molecule has 0 saturated heterocycles. The predicted octanol–water partition coefficient (Wildman–Crippen LogP) is 4.36. The molecule has 2 aromatic rings. The van der Waals surface area contributed by atoms with Crippen molar-refractivity contribution >= 4 is 27.3 Å². The highest BCUT2D eigenvalue weighted by molar-refractivity contribution is 9.10. The number of halogens is 1. The topological polar surface area (TPSA) is 24.9 Å². The first-order valence-corrected chi connectivity index (χ1v) is 8.32. The lowest BCUT2D eigenvalue weighted by molar-refractivity contribution is 0.549. The zero-order valence-electron chi connectivity index (χ0n) is 11.3. The van der Waals surface area contributed by atoms with Crippen molar-refractivity contribution in [3.05, 3.63) is 50.4 Å². The van der Waals surface area contributed by atoms with Crippen molar-refractivity contribution in [1.82, 2.24) is 10.3 Å². The molecular weight excluding hydrogens is 320 g/mol. The van der Waals surface area contributed by atoms with E-state index < -0.39 is 0 Å². The molecule has 0 spiro atoms. The number of nitrogens with one attached hydrogen (secondary N) is 1. The fourth-order valence-corrected chi connectivity index (χ4v) is 3.49. The lowest BCUT2D eigenvalue weighted by Gasteiger charge is -2.18. The second-order valence-corrected chi connectivity index (χ2v) is 6.31. The quantitative estimate of drug-likeness (QED) is 0.846. The normalized spacial score (nSPS) is 12.6. The summed E-state index contributed by atoms with van der Waals surface area (Å²) in [6.07, 6.45) is 3.90. The first-order chi connectivity index (χ1) is 9.24. The average molecular weight is 339 g/mol. The van der Waals surface area contributed by atoms with Gasteiger partial charge in [-0.15, -0.1) is 11.3 Å². The lowest BCUT2D eigenvalue weighted by atomic mass is 10.0. The molecule has 0 aromatic carbocycles. The summed E-state index contributed by atoms with van der Waals surface area (Å²) in [6, 6.07) is 6.75. The molecule has 2 rings (SSSR count). The average Bonchev–Trinajstić information content (AvgIpc) is 2.89. The highest BCUT2D eigenvalue weighted by atomic mass is 79.9. The van der Waals surface area contributed by atoms with Gasteiger partial charge in [-0.2, -0.15) is 0 Å². The molecule has 1 N–H and O–H groups in total. The number of hydrogen-bond donors (Lipinski definition) is 1. The van der Waals surface area contributed by atoms with Crippen LogP contribution in [0, 0.1) is 0 Å². The molecule has 2 aromatic heterocycles. The van der Waals surface area contributed by atoms with Crippen LogP contribution < -0.4 is 5.32 Å². The largest absolute Gasteiger partial charge is 0.309 e. The maximum atomic E-state index is 4.48. The number of likely N-dealkylation sites (N-methyl/N-ethyl adjacent to an activating group) is 1. The number of aromatic nitrogens is 1. The van der Waals surface area contributed by atoms with Gasteiger partial charge >= 0.3 is 0 Å². The van der Waals surface area contributed by atoms with Crippen molar-refractivity contribution < 1.29 is 0 Å². The van der Waals surface area contributed by atoms with E-state index in [1.54, 1.807) is 0 Å². The molecule has 4 heteroatoms. The molecule has 0 radical (unpaired) electrons. The van der Waals surface area contributed by atoms with Crippen LogP contribution in [0.5, 0.6) is 0 Å². The summed E-state index contributed by atoms with van der Waals surface area (Å²) in [4.78, 5) is 5.94. The van der Waals surface area contributed by atoms with E-state index in [2.05, 4.69) is 63.7 Å². The highest BCUT2D eigenvalue weighted by Crippen LogP contribution is 2.27. The second-order valence-electron chi connectivity index (χ2n) is 4.45.